The number of nitrogens with one attached hydrogen (secondary N) is 2. The summed E-state index contributed by atoms with van der Waals surface area (Å²) < 4.78 is 0. The zero-order valence-electron chi connectivity index (χ0n) is 14.8. The quantitative estimate of drug-likeness (QED) is 0.614. The van der Waals surface area contributed by atoms with Crippen LogP contribution >= 0.6 is 0 Å². The topological polar surface area (TPSA) is 70.6 Å². The van der Waals surface area contributed by atoms with Gasteiger partial charge in [0.05, 0.1) is 0 Å². The number of hydrogen-bond acceptors (Lipinski definition) is 3. The number of hydrogen-bond donors (Lipinski definition) is 2. The highest BCUT2D eigenvalue weighted by Crippen LogP contribution is 2.13. The first-order chi connectivity index (χ1) is 12.0. The van der Waals surface area contributed by atoms with Crippen LogP contribution in [-0.2, 0) is 0 Å². The number of rotatable bonds is 6. The number of carbonyl (C=O) groups is 2. The molecule has 0 fully saturated rings. The minimum absolute atomic E-state index is 0.171. The first kappa shape index (κ1) is 18.4. The molecule has 0 aliphatic carbocycles. The van der Waals surface area contributed by atoms with Crippen molar-refractivity contribution in [1.29, 1.82) is 0 Å². The maximum Gasteiger partial charge on any atom is 0.271 e. The van der Waals surface area contributed by atoms with Crippen molar-refractivity contribution < 1.29 is 9.59 Å². The second-order valence-corrected chi connectivity index (χ2v) is 5.67. The molecule has 0 saturated carbocycles. The summed E-state index contributed by atoms with van der Waals surface area (Å²) in [5.41, 5.74) is 6.17. The Morgan fingerprint density at radius 2 is 1.56 bits per heavy atom. The molecular weight excluding hydrogens is 314 g/mol. The summed E-state index contributed by atoms with van der Waals surface area (Å²) in [4.78, 5) is 24.4. The van der Waals surface area contributed by atoms with Gasteiger partial charge in [0, 0.05) is 22.5 Å². The molecule has 25 heavy (non-hydrogen) atoms. The summed E-state index contributed by atoms with van der Waals surface area (Å²) in [6.45, 7) is 5.89. The highest BCUT2D eigenvalue weighted by Gasteiger charge is 2.09. The molecule has 0 aliphatic heterocycles. The van der Waals surface area contributed by atoms with Gasteiger partial charge in [-0.05, 0) is 55.7 Å². The van der Waals surface area contributed by atoms with Crippen LogP contribution < -0.4 is 10.7 Å². The number of aryl methyl sites for hydroxylation is 1. The van der Waals surface area contributed by atoms with Gasteiger partial charge in [-0.3, -0.25) is 9.59 Å². The van der Waals surface area contributed by atoms with Gasteiger partial charge in [0.2, 0.25) is 0 Å². The van der Waals surface area contributed by atoms with Gasteiger partial charge in [-0.15, -0.1) is 0 Å². The number of amides is 2. The molecule has 0 aromatic heterocycles. The Labute approximate surface area is 148 Å². The van der Waals surface area contributed by atoms with Gasteiger partial charge in [0.25, 0.3) is 11.8 Å². The van der Waals surface area contributed by atoms with Crippen LogP contribution in [0.5, 0.6) is 0 Å². The van der Waals surface area contributed by atoms with Crippen LogP contribution in [0.25, 0.3) is 0 Å². The van der Waals surface area contributed by atoms with Gasteiger partial charge in [-0.1, -0.05) is 32.0 Å². The minimum Gasteiger partial charge on any atom is -0.322 e. The first-order valence-corrected chi connectivity index (χ1v) is 8.38. The fourth-order valence-corrected chi connectivity index (χ4v) is 2.33. The lowest BCUT2D eigenvalue weighted by atomic mass is 10.1. The van der Waals surface area contributed by atoms with E-state index in [2.05, 4.69) is 15.8 Å². The van der Waals surface area contributed by atoms with E-state index < -0.39 is 0 Å². The number of hydrazone groups is 1. The SMILES string of the molecule is CCC(CC)=NNC(=O)c1ccc(NC(=O)c2ccccc2C)cc1. The Kier molecular flexibility index (Phi) is 6.46. The second-order valence-electron chi connectivity index (χ2n) is 5.67. The molecule has 5 heteroatoms. The summed E-state index contributed by atoms with van der Waals surface area (Å²) in [7, 11) is 0. The van der Waals surface area contributed by atoms with Gasteiger partial charge < -0.3 is 5.32 Å². The Balaban J connectivity index is 2.02. The van der Waals surface area contributed by atoms with E-state index in [4.69, 9.17) is 0 Å². The summed E-state index contributed by atoms with van der Waals surface area (Å²) in [5, 5.41) is 6.94. The van der Waals surface area contributed by atoms with E-state index in [0.717, 1.165) is 24.1 Å². The first-order valence-electron chi connectivity index (χ1n) is 8.38. The summed E-state index contributed by atoms with van der Waals surface area (Å²) in [5.74, 6) is -0.438. The largest absolute Gasteiger partial charge is 0.322 e. The minimum atomic E-state index is -0.267. The molecule has 0 unspecified atom stereocenters. The molecule has 2 rings (SSSR count). The van der Waals surface area contributed by atoms with Crippen LogP contribution in [0.2, 0.25) is 0 Å². The van der Waals surface area contributed by atoms with Crippen LogP contribution in [0.3, 0.4) is 0 Å². The zero-order valence-corrected chi connectivity index (χ0v) is 14.8. The van der Waals surface area contributed by atoms with Crippen LogP contribution in [0.4, 0.5) is 5.69 Å². The fourth-order valence-electron chi connectivity index (χ4n) is 2.33. The molecule has 0 radical (unpaired) electrons. The van der Waals surface area contributed by atoms with E-state index in [1.807, 2.05) is 39.0 Å². The lowest BCUT2D eigenvalue weighted by Gasteiger charge is -2.08. The third-order valence-corrected chi connectivity index (χ3v) is 3.93. The van der Waals surface area contributed by atoms with Crippen molar-refractivity contribution in [3.8, 4) is 0 Å². The van der Waals surface area contributed by atoms with E-state index in [-0.39, 0.29) is 11.8 Å². The summed E-state index contributed by atoms with van der Waals surface area (Å²) >= 11 is 0. The molecule has 2 aromatic rings. The molecule has 5 nitrogen and oxygen atoms in total. The predicted molar refractivity (Wildman–Crippen MR) is 101 cm³/mol. The van der Waals surface area contributed by atoms with Crippen LogP contribution in [0.1, 0.15) is 53.0 Å². The molecule has 0 bridgehead atoms. The highest BCUT2D eigenvalue weighted by atomic mass is 16.2. The maximum atomic E-state index is 12.3. The highest BCUT2D eigenvalue weighted by molar-refractivity contribution is 6.05. The molecule has 0 heterocycles. The molecule has 0 aliphatic rings. The van der Waals surface area contributed by atoms with Crippen LogP contribution in [0.15, 0.2) is 53.6 Å². The molecule has 0 saturated heterocycles. The Morgan fingerprint density at radius 3 is 2.16 bits per heavy atom. The van der Waals surface area contributed by atoms with Gasteiger partial charge in [0.1, 0.15) is 0 Å². The normalized spacial score (nSPS) is 10.0. The number of benzene rings is 2. The Morgan fingerprint density at radius 1 is 0.920 bits per heavy atom. The van der Waals surface area contributed by atoms with Crippen molar-refractivity contribution in [2.75, 3.05) is 5.32 Å². The van der Waals surface area contributed by atoms with Crippen molar-refractivity contribution in [1.82, 2.24) is 5.43 Å². The van der Waals surface area contributed by atoms with Crippen LogP contribution in [0, 0.1) is 6.92 Å². The van der Waals surface area contributed by atoms with E-state index in [1.54, 1.807) is 30.3 Å². The van der Waals surface area contributed by atoms with Gasteiger partial charge in [-0.25, -0.2) is 5.43 Å². The fraction of sp³-hybridized carbons (Fsp3) is 0.250. The zero-order chi connectivity index (χ0) is 18.2. The number of nitrogens with zero attached hydrogens (tertiary/aromatic N) is 1. The van der Waals surface area contributed by atoms with Crippen molar-refractivity contribution in [2.45, 2.75) is 33.6 Å². The molecule has 2 N–H and O–H groups in total. The maximum absolute atomic E-state index is 12.3. The van der Waals surface area contributed by atoms with Crippen molar-refractivity contribution in [3.63, 3.8) is 0 Å². The van der Waals surface area contributed by atoms with Gasteiger partial charge >= 0.3 is 0 Å². The summed E-state index contributed by atoms with van der Waals surface area (Å²) in [6, 6.07) is 14.1. The third kappa shape index (κ3) is 5.01. The Hall–Kier alpha value is -2.95. The molecule has 2 aromatic carbocycles. The predicted octanol–water partition coefficient (Wildman–Crippen LogP) is 4.15. The van der Waals surface area contributed by atoms with Gasteiger partial charge in [-0.2, -0.15) is 5.10 Å². The van der Waals surface area contributed by atoms with Crippen molar-refractivity contribution in [2.24, 2.45) is 5.10 Å². The molecule has 0 spiro atoms. The standard InChI is InChI=1S/C20H23N3O2/c1-4-16(5-2)22-23-19(24)15-10-12-17(13-11-15)21-20(25)18-9-7-6-8-14(18)3/h6-13H,4-5H2,1-3H3,(H,21,25)(H,23,24). The van der Waals surface area contributed by atoms with E-state index in [9.17, 15) is 9.59 Å². The van der Waals surface area contributed by atoms with E-state index in [0.29, 0.717) is 16.8 Å². The van der Waals surface area contributed by atoms with Crippen LogP contribution in [-0.4, -0.2) is 17.5 Å². The molecule has 0 atom stereocenters. The number of anilines is 1. The van der Waals surface area contributed by atoms with Crippen molar-refractivity contribution in [3.05, 3.63) is 65.2 Å². The van der Waals surface area contributed by atoms with Gasteiger partial charge in [0.15, 0.2) is 0 Å². The smallest absolute Gasteiger partial charge is 0.271 e. The Bertz CT molecular complexity index is 774. The van der Waals surface area contributed by atoms with Crippen molar-refractivity contribution >= 4 is 23.2 Å². The number of carbonyl (C=O) groups excluding carboxylic acids is 2. The lowest BCUT2D eigenvalue weighted by Crippen LogP contribution is -2.19. The average molecular weight is 337 g/mol. The average Bonchev–Trinajstić information content (AvgIpc) is 2.63. The van der Waals surface area contributed by atoms with E-state index in [1.165, 1.54) is 0 Å². The third-order valence-electron chi connectivity index (χ3n) is 3.93. The summed E-state index contributed by atoms with van der Waals surface area (Å²) in [6.07, 6.45) is 1.61. The molecule has 130 valence electrons. The second kappa shape index (κ2) is 8.78. The monoisotopic (exact) mass is 337 g/mol. The lowest BCUT2D eigenvalue weighted by molar-refractivity contribution is 0.0954. The molecule has 2 amide bonds. The van der Waals surface area contributed by atoms with E-state index >= 15 is 0 Å². The molecular formula is C20H23N3O2.